The molecule has 2 rings (SSSR count). The van der Waals surface area contributed by atoms with Crippen LogP contribution in [-0.2, 0) is 4.74 Å². The lowest BCUT2D eigenvalue weighted by Crippen LogP contribution is -2.43. The van der Waals surface area contributed by atoms with Gasteiger partial charge in [0.1, 0.15) is 6.10 Å². The zero-order valence-corrected chi connectivity index (χ0v) is 11.1. The van der Waals surface area contributed by atoms with Gasteiger partial charge in [0, 0.05) is 16.8 Å². The van der Waals surface area contributed by atoms with Crippen molar-refractivity contribution in [3.63, 3.8) is 0 Å². The van der Waals surface area contributed by atoms with Gasteiger partial charge in [-0.05, 0) is 24.8 Å². The minimum Gasteiger partial charge on any atom is -0.379 e. The molecule has 1 aliphatic rings. The molecule has 1 atom stereocenters. The normalized spacial score (nSPS) is 27.1. The van der Waals surface area contributed by atoms with Gasteiger partial charge < -0.3 is 9.84 Å². The van der Waals surface area contributed by atoms with Gasteiger partial charge in [-0.15, -0.1) is 0 Å². The summed E-state index contributed by atoms with van der Waals surface area (Å²) in [6.45, 7) is 0.778. The van der Waals surface area contributed by atoms with E-state index in [1.807, 2.05) is 30.3 Å². The number of aliphatic hydroxyl groups excluding tert-OH is 1. The largest absolute Gasteiger partial charge is 0.379 e. The standard InChI is InChI=1S/C12H17O2Si/c13-11(10-6-2-1-3-7-10)12(15)8-4-5-9-14-12/h1-3,6-7,13H,4-5,8-9H2,15H3. The first kappa shape index (κ1) is 10.9. The van der Waals surface area contributed by atoms with Crippen LogP contribution in [0.3, 0.4) is 0 Å². The second kappa shape index (κ2) is 4.47. The molecule has 1 N–H and O–H groups in total. The molecule has 0 aliphatic carbocycles. The number of aliphatic hydroxyl groups is 1. The zero-order chi connectivity index (χ0) is 10.7. The molecular weight excluding hydrogens is 204 g/mol. The number of benzene rings is 1. The minimum atomic E-state index is -0.348. The van der Waals surface area contributed by atoms with Crippen LogP contribution >= 0.6 is 0 Å². The van der Waals surface area contributed by atoms with Crippen molar-refractivity contribution in [2.75, 3.05) is 6.61 Å². The predicted octanol–water partition coefficient (Wildman–Crippen LogP) is 1.20. The van der Waals surface area contributed by atoms with Gasteiger partial charge in [-0.2, -0.15) is 0 Å². The van der Waals surface area contributed by atoms with Crippen molar-refractivity contribution in [2.45, 2.75) is 24.5 Å². The van der Waals surface area contributed by atoms with E-state index in [2.05, 4.69) is 0 Å². The highest BCUT2D eigenvalue weighted by molar-refractivity contribution is 6.16. The Hall–Kier alpha value is -0.643. The average Bonchev–Trinajstić information content (AvgIpc) is 2.30. The van der Waals surface area contributed by atoms with Gasteiger partial charge in [0.25, 0.3) is 0 Å². The molecule has 0 aromatic heterocycles. The van der Waals surface area contributed by atoms with Gasteiger partial charge >= 0.3 is 0 Å². The highest BCUT2D eigenvalue weighted by atomic mass is 28.1. The lowest BCUT2D eigenvalue weighted by molar-refractivity contribution is -0.0383. The molecule has 3 heteroatoms. The van der Waals surface area contributed by atoms with E-state index in [-0.39, 0.29) is 5.22 Å². The first-order valence-corrected chi connectivity index (χ1v) is 6.48. The van der Waals surface area contributed by atoms with Gasteiger partial charge in [-0.1, -0.05) is 30.3 Å². The van der Waals surface area contributed by atoms with Gasteiger partial charge in [0.15, 0.2) is 0 Å². The van der Waals surface area contributed by atoms with Gasteiger partial charge in [-0.25, -0.2) is 0 Å². The maximum absolute atomic E-state index is 10.2. The Bertz CT molecular complexity index is 307. The molecule has 15 heavy (non-hydrogen) atoms. The molecule has 1 unspecified atom stereocenters. The van der Waals surface area contributed by atoms with Gasteiger partial charge in [0.05, 0.1) is 5.22 Å². The van der Waals surface area contributed by atoms with E-state index >= 15 is 0 Å². The van der Waals surface area contributed by atoms with E-state index in [0.717, 1.165) is 41.7 Å². The summed E-state index contributed by atoms with van der Waals surface area (Å²) in [6.07, 6.45) is 3.65. The fourth-order valence-corrected chi connectivity index (χ4v) is 2.87. The molecule has 0 bridgehead atoms. The number of ether oxygens (including phenoxy) is 1. The summed E-state index contributed by atoms with van der Waals surface area (Å²) < 4.78 is 5.76. The maximum Gasteiger partial charge on any atom is 0.150 e. The fraction of sp³-hybridized carbons (Fsp3) is 0.417. The highest BCUT2D eigenvalue weighted by Gasteiger charge is 2.37. The predicted molar refractivity (Wildman–Crippen MR) is 63.2 cm³/mol. The van der Waals surface area contributed by atoms with Crippen LogP contribution in [0, 0.1) is 6.10 Å². The van der Waals surface area contributed by atoms with Crippen LogP contribution in [0.5, 0.6) is 0 Å². The number of hydrogen-bond donors (Lipinski definition) is 1. The molecule has 1 radical (unpaired) electrons. The summed E-state index contributed by atoms with van der Waals surface area (Å²) in [7, 11) is 0.839. The third-order valence-electron chi connectivity index (χ3n) is 3.02. The van der Waals surface area contributed by atoms with Gasteiger partial charge in [-0.3, -0.25) is 0 Å². The third-order valence-corrected chi connectivity index (χ3v) is 4.28. The van der Waals surface area contributed by atoms with E-state index in [9.17, 15) is 5.11 Å². The molecule has 1 saturated heterocycles. The van der Waals surface area contributed by atoms with Crippen LogP contribution in [0.4, 0.5) is 0 Å². The second-order valence-electron chi connectivity index (χ2n) is 4.25. The summed E-state index contributed by atoms with van der Waals surface area (Å²) in [4.78, 5) is 0. The Labute approximate surface area is 93.7 Å². The third kappa shape index (κ3) is 2.30. The summed E-state index contributed by atoms with van der Waals surface area (Å²) in [6, 6.07) is 9.72. The summed E-state index contributed by atoms with van der Waals surface area (Å²) in [5.41, 5.74) is 0.898. The maximum atomic E-state index is 10.2. The molecule has 0 amide bonds. The van der Waals surface area contributed by atoms with Crippen LogP contribution in [0.15, 0.2) is 30.3 Å². The van der Waals surface area contributed by atoms with Gasteiger partial charge in [0.2, 0.25) is 0 Å². The number of hydrogen-bond acceptors (Lipinski definition) is 2. The molecule has 1 aromatic rings. The lowest BCUT2D eigenvalue weighted by Gasteiger charge is -2.37. The van der Waals surface area contributed by atoms with Crippen molar-refractivity contribution in [1.29, 1.82) is 0 Å². The molecule has 0 spiro atoms. The van der Waals surface area contributed by atoms with Crippen LogP contribution < -0.4 is 0 Å². The van der Waals surface area contributed by atoms with Crippen molar-refractivity contribution in [3.8, 4) is 0 Å². The monoisotopic (exact) mass is 221 g/mol. The van der Waals surface area contributed by atoms with Crippen molar-refractivity contribution in [2.24, 2.45) is 0 Å². The Balaban J connectivity index is 2.16. The van der Waals surface area contributed by atoms with Crippen LogP contribution in [-0.4, -0.2) is 27.2 Å². The zero-order valence-electron chi connectivity index (χ0n) is 9.07. The smallest absolute Gasteiger partial charge is 0.150 e. The van der Waals surface area contributed by atoms with Crippen LogP contribution in [0.25, 0.3) is 0 Å². The van der Waals surface area contributed by atoms with Crippen molar-refractivity contribution >= 4 is 10.2 Å². The van der Waals surface area contributed by atoms with Crippen molar-refractivity contribution in [3.05, 3.63) is 42.0 Å². The minimum absolute atomic E-state index is 0.348. The molecule has 1 heterocycles. The highest BCUT2D eigenvalue weighted by Crippen LogP contribution is 2.33. The lowest BCUT2D eigenvalue weighted by atomic mass is 9.97. The van der Waals surface area contributed by atoms with Crippen LogP contribution in [0.2, 0.25) is 0 Å². The quantitative estimate of drug-likeness (QED) is 0.761. The number of rotatable bonds is 2. The topological polar surface area (TPSA) is 29.5 Å². The van der Waals surface area contributed by atoms with E-state index in [4.69, 9.17) is 4.74 Å². The Morgan fingerprint density at radius 1 is 1.27 bits per heavy atom. The molecule has 1 fully saturated rings. The first-order chi connectivity index (χ1) is 7.22. The van der Waals surface area contributed by atoms with E-state index < -0.39 is 0 Å². The van der Waals surface area contributed by atoms with Crippen molar-refractivity contribution in [1.82, 2.24) is 0 Å². The van der Waals surface area contributed by atoms with E-state index in [1.165, 1.54) is 0 Å². The fourth-order valence-electron chi connectivity index (χ4n) is 2.02. The van der Waals surface area contributed by atoms with E-state index in [0.29, 0.717) is 6.10 Å². The summed E-state index contributed by atoms with van der Waals surface area (Å²) in [5, 5.41) is 9.88. The Morgan fingerprint density at radius 2 is 2.00 bits per heavy atom. The van der Waals surface area contributed by atoms with Crippen molar-refractivity contribution < 1.29 is 9.84 Å². The summed E-state index contributed by atoms with van der Waals surface area (Å²) >= 11 is 0. The average molecular weight is 221 g/mol. The molecule has 2 nitrogen and oxygen atoms in total. The van der Waals surface area contributed by atoms with E-state index in [1.54, 1.807) is 0 Å². The SMILES string of the molecule is O[C](c1ccccc1)C1([SiH3])CCCCO1. The Morgan fingerprint density at radius 3 is 2.60 bits per heavy atom. The first-order valence-electron chi connectivity index (χ1n) is 5.48. The van der Waals surface area contributed by atoms with Crippen LogP contribution in [0.1, 0.15) is 24.8 Å². The molecule has 1 aliphatic heterocycles. The molecule has 81 valence electrons. The Kier molecular flexibility index (Phi) is 3.24. The summed E-state index contributed by atoms with van der Waals surface area (Å²) in [5.74, 6) is 0. The molecule has 1 aromatic carbocycles. The second-order valence-corrected chi connectivity index (χ2v) is 5.87. The molecule has 0 saturated carbocycles. The molecular formula is C12H17O2Si.